The van der Waals surface area contributed by atoms with E-state index in [0.717, 1.165) is 0 Å². The number of fused-ring (bicyclic) bond motifs is 1. The zero-order chi connectivity index (χ0) is 19.8. The first-order valence-electron chi connectivity index (χ1n) is 7.99. The molecule has 0 aliphatic carbocycles. The number of aliphatic imine (C=N–C) groups is 2. The molecule has 0 radical (unpaired) electrons. The Balaban J connectivity index is 2.01. The number of hydrogen-bond donors (Lipinski definition) is 2. The first-order chi connectivity index (χ1) is 12.7. The van der Waals surface area contributed by atoms with Crippen LogP contribution in [0.25, 0.3) is 0 Å². The molecule has 2 unspecified atom stereocenters. The topological polar surface area (TPSA) is 100.0 Å². The number of hydrogen-bond acceptors (Lipinski definition) is 6. The highest BCUT2D eigenvalue weighted by Crippen LogP contribution is 2.31. The van der Waals surface area contributed by atoms with Crippen LogP contribution < -0.4 is 10.0 Å². The number of Topliss-reactive ketones (excluding diaryl/α,β-unsaturated/α-hetero) is 1. The molecule has 27 heavy (non-hydrogen) atoms. The molecule has 2 aliphatic rings. The smallest absolute Gasteiger partial charge is 0.232 e. The Hall–Kier alpha value is -2.69. The first-order valence-corrected chi connectivity index (χ1v) is 9.64. The van der Waals surface area contributed by atoms with Crippen LogP contribution in [-0.2, 0) is 10.0 Å². The minimum atomic E-state index is -3.98. The van der Waals surface area contributed by atoms with Gasteiger partial charge in [-0.3, -0.25) is 9.52 Å². The van der Waals surface area contributed by atoms with E-state index in [-0.39, 0.29) is 17.7 Å². The van der Waals surface area contributed by atoms with Gasteiger partial charge >= 0.3 is 0 Å². The summed E-state index contributed by atoms with van der Waals surface area (Å²) in [6.45, 7) is 1.58. The molecule has 2 heterocycles. The van der Waals surface area contributed by atoms with Crippen LogP contribution in [0.2, 0.25) is 0 Å². The van der Waals surface area contributed by atoms with E-state index in [1.54, 1.807) is 6.92 Å². The predicted octanol–water partition coefficient (Wildman–Crippen LogP) is 1.98. The van der Waals surface area contributed by atoms with Crippen LogP contribution in [0.4, 0.5) is 18.9 Å². The fourth-order valence-electron chi connectivity index (χ4n) is 2.81. The average Bonchev–Trinajstić information content (AvgIpc) is 3.03. The molecule has 0 saturated carbocycles. The number of ketones is 1. The highest BCUT2D eigenvalue weighted by atomic mass is 32.2. The second kappa shape index (κ2) is 7.14. The minimum Gasteiger partial charge on any atom is -0.369 e. The molecule has 11 heteroatoms. The molecule has 0 spiro atoms. The second-order valence-electron chi connectivity index (χ2n) is 5.96. The lowest BCUT2D eigenvalue weighted by Crippen LogP contribution is -2.30. The third kappa shape index (κ3) is 3.59. The Morgan fingerprint density at radius 2 is 2.04 bits per heavy atom. The van der Waals surface area contributed by atoms with E-state index in [2.05, 4.69) is 15.3 Å². The fraction of sp³-hybridized carbons (Fsp3) is 0.312. The number of carbonyl (C=O) groups is 1. The number of nitrogens with zero attached hydrogens (tertiary/aromatic N) is 2. The van der Waals surface area contributed by atoms with Crippen molar-refractivity contribution >= 4 is 34.0 Å². The van der Waals surface area contributed by atoms with Crippen LogP contribution in [0.1, 0.15) is 23.7 Å². The quantitative estimate of drug-likeness (QED) is 0.563. The van der Waals surface area contributed by atoms with Crippen molar-refractivity contribution in [2.24, 2.45) is 15.9 Å². The highest BCUT2D eigenvalue weighted by Gasteiger charge is 2.37. The van der Waals surface area contributed by atoms with Crippen molar-refractivity contribution in [1.82, 2.24) is 5.32 Å². The summed E-state index contributed by atoms with van der Waals surface area (Å²) in [5.41, 5.74) is -2.07. The summed E-state index contributed by atoms with van der Waals surface area (Å²) in [5, 5.41) is 2.76. The summed E-state index contributed by atoms with van der Waals surface area (Å²) in [7, 11) is -3.98. The van der Waals surface area contributed by atoms with Gasteiger partial charge in [0.05, 0.1) is 22.9 Å². The van der Waals surface area contributed by atoms with Crippen molar-refractivity contribution in [2.45, 2.75) is 19.5 Å². The Morgan fingerprint density at radius 3 is 2.74 bits per heavy atom. The Morgan fingerprint density at radius 1 is 1.30 bits per heavy atom. The molecule has 2 atom stereocenters. The van der Waals surface area contributed by atoms with Gasteiger partial charge in [0, 0.05) is 24.1 Å². The molecule has 1 aromatic rings. The molecule has 2 N–H and O–H groups in total. The summed E-state index contributed by atoms with van der Waals surface area (Å²) in [5.74, 6) is -6.88. The highest BCUT2D eigenvalue weighted by molar-refractivity contribution is 7.92. The van der Waals surface area contributed by atoms with Gasteiger partial charge < -0.3 is 5.32 Å². The summed E-state index contributed by atoms with van der Waals surface area (Å²) in [4.78, 5) is 20.5. The summed E-state index contributed by atoms with van der Waals surface area (Å²) in [6, 6.07) is 0.366. The van der Waals surface area contributed by atoms with Gasteiger partial charge in [0.25, 0.3) is 0 Å². The molecule has 1 aromatic carbocycles. The normalized spacial score (nSPS) is 20.8. The average molecular weight is 400 g/mol. The van der Waals surface area contributed by atoms with Gasteiger partial charge in [-0.1, -0.05) is 6.92 Å². The van der Waals surface area contributed by atoms with Crippen molar-refractivity contribution < 1.29 is 26.4 Å². The standard InChI is InChI=1S/C16H15F3N4O3S/c1-2-3-27(25,26)23-11-4-10(17)13(18)12(14(11)19)15(24)8-6-21-16-9(8)5-20-7-22-16/h4-7,9,16,21,23H,2-3H2,1H3. The third-order valence-corrected chi connectivity index (χ3v) is 5.51. The number of anilines is 1. The van der Waals surface area contributed by atoms with Crippen LogP contribution in [-0.4, -0.2) is 38.7 Å². The first kappa shape index (κ1) is 19.1. The van der Waals surface area contributed by atoms with E-state index in [4.69, 9.17) is 0 Å². The van der Waals surface area contributed by atoms with E-state index >= 15 is 0 Å². The van der Waals surface area contributed by atoms with Gasteiger partial charge in [-0.05, 0) is 6.42 Å². The van der Waals surface area contributed by atoms with Crippen molar-refractivity contribution in [3.05, 3.63) is 40.9 Å². The summed E-state index contributed by atoms with van der Waals surface area (Å²) < 4.78 is 68.5. The van der Waals surface area contributed by atoms with Crippen LogP contribution in [0.5, 0.6) is 0 Å². The van der Waals surface area contributed by atoms with Crippen LogP contribution in [0.3, 0.4) is 0 Å². The molecule has 144 valence electrons. The molecular weight excluding hydrogens is 385 g/mol. The predicted molar refractivity (Wildman–Crippen MR) is 93.8 cm³/mol. The molecule has 0 fully saturated rings. The zero-order valence-electron chi connectivity index (χ0n) is 14.0. The van der Waals surface area contributed by atoms with E-state index in [9.17, 15) is 26.4 Å². The van der Waals surface area contributed by atoms with Crippen LogP contribution >= 0.6 is 0 Å². The van der Waals surface area contributed by atoms with E-state index in [1.807, 2.05) is 4.72 Å². The van der Waals surface area contributed by atoms with Crippen molar-refractivity contribution in [1.29, 1.82) is 0 Å². The zero-order valence-corrected chi connectivity index (χ0v) is 14.9. The van der Waals surface area contributed by atoms with Crippen LogP contribution in [0.15, 0.2) is 27.8 Å². The SMILES string of the molecule is CCCS(=O)(=O)Nc1cc(F)c(F)c(C(=O)C2=CNC3N=CN=CC23)c1F. The molecular formula is C16H15F3N4O3S. The minimum absolute atomic E-state index is 0.0636. The van der Waals surface area contributed by atoms with Gasteiger partial charge in [0.2, 0.25) is 10.0 Å². The molecule has 0 saturated heterocycles. The maximum absolute atomic E-state index is 14.7. The second-order valence-corrected chi connectivity index (χ2v) is 7.80. The van der Waals surface area contributed by atoms with Gasteiger partial charge in [0.1, 0.15) is 12.5 Å². The molecule has 0 amide bonds. The monoisotopic (exact) mass is 400 g/mol. The fourth-order valence-corrected chi connectivity index (χ4v) is 3.93. The van der Waals surface area contributed by atoms with Gasteiger partial charge in [-0.15, -0.1) is 0 Å². The summed E-state index contributed by atoms with van der Waals surface area (Å²) >= 11 is 0. The number of rotatable bonds is 6. The number of benzene rings is 1. The van der Waals surface area contributed by atoms with E-state index in [0.29, 0.717) is 6.07 Å². The number of halogens is 3. The number of nitrogens with one attached hydrogen (secondary N) is 2. The van der Waals surface area contributed by atoms with Crippen molar-refractivity contribution in [2.75, 3.05) is 10.5 Å². The molecule has 0 bridgehead atoms. The van der Waals surface area contributed by atoms with Crippen molar-refractivity contribution in [3.63, 3.8) is 0 Å². The summed E-state index contributed by atoms with van der Waals surface area (Å²) in [6.07, 6.45) is 3.55. The Bertz CT molecular complexity index is 989. The lowest BCUT2D eigenvalue weighted by Gasteiger charge is -2.17. The maximum atomic E-state index is 14.7. The van der Waals surface area contributed by atoms with Crippen molar-refractivity contribution in [3.8, 4) is 0 Å². The number of sulfonamides is 1. The lowest BCUT2D eigenvalue weighted by molar-refractivity contribution is 0.101. The Labute approximate surface area is 153 Å². The van der Waals surface area contributed by atoms with Gasteiger partial charge in [-0.25, -0.2) is 31.6 Å². The lowest BCUT2D eigenvalue weighted by atomic mass is 9.92. The van der Waals surface area contributed by atoms with E-state index < -0.39 is 56.6 Å². The maximum Gasteiger partial charge on any atom is 0.232 e. The third-order valence-electron chi connectivity index (χ3n) is 4.03. The van der Waals surface area contributed by atoms with Gasteiger partial charge in [0.15, 0.2) is 23.2 Å². The molecule has 3 rings (SSSR count). The molecule has 7 nitrogen and oxygen atoms in total. The van der Waals surface area contributed by atoms with Gasteiger partial charge in [-0.2, -0.15) is 0 Å². The van der Waals surface area contributed by atoms with E-state index in [1.165, 1.54) is 18.8 Å². The molecule has 2 aliphatic heterocycles. The largest absolute Gasteiger partial charge is 0.369 e. The Kier molecular flexibility index (Phi) is 5.05. The van der Waals surface area contributed by atoms with Crippen LogP contribution in [0, 0.1) is 23.4 Å². The molecule has 0 aromatic heterocycles. The number of carbonyl (C=O) groups excluding carboxylic acids is 1.